The highest BCUT2D eigenvalue weighted by molar-refractivity contribution is 6.30. The Balaban J connectivity index is 1.99. The van der Waals surface area contributed by atoms with Gasteiger partial charge in [0.05, 0.1) is 6.04 Å². The maximum absolute atomic E-state index is 12.3. The van der Waals surface area contributed by atoms with Crippen LogP contribution in [-0.4, -0.2) is 17.9 Å². The Morgan fingerprint density at radius 3 is 2.95 bits per heavy atom. The van der Waals surface area contributed by atoms with Crippen LogP contribution in [0.1, 0.15) is 37.8 Å². The lowest BCUT2D eigenvalue weighted by Gasteiger charge is -2.26. The van der Waals surface area contributed by atoms with Gasteiger partial charge in [0.1, 0.15) is 0 Å². The first-order valence-corrected chi connectivity index (χ1v) is 7.13. The summed E-state index contributed by atoms with van der Waals surface area (Å²) in [4.78, 5) is 14.1. The van der Waals surface area contributed by atoms with E-state index in [9.17, 15) is 4.79 Å². The van der Waals surface area contributed by atoms with Gasteiger partial charge >= 0.3 is 0 Å². The molecule has 1 aromatic rings. The molecule has 0 radical (unpaired) electrons. The Bertz CT molecular complexity index is 483. The van der Waals surface area contributed by atoms with E-state index in [4.69, 9.17) is 11.6 Å². The lowest BCUT2D eigenvalue weighted by atomic mass is 10.0. The van der Waals surface area contributed by atoms with Crippen LogP contribution in [0.3, 0.4) is 0 Å². The van der Waals surface area contributed by atoms with Crippen molar-refractivity contribution in [3.05, 3.63) is 47.0 Å². The van der Waals surface area contributed by atoms with Crippen LogP contribution < -0.4 is 0 Å². The minimum Gasteiger partial charge on any atom is -0.339 e. The molecule has 2 atom stereocenters. The summed E-state index contributed by atoms with van der Waals surface area (Å²) >= 11 is 6.00. The van der Waals surface area contributed by atoms with Crippen molar-refractivity contribution in [3.8, 4) is 0 Å². The molecule has 102 valence electrons. The van der Waals surface area contributed by atoms with Crippen molar-refractivity contribution >= 4 is 17.5 Å². The molecule has 2 rings (SSSR count). The third-order valence-electron chi connectivity index (χ3n) is 3.85. The van der Waals surface area contributed by atoms with E-state index in [2.05, 4.69) is 12.2 Å². The van der Waals surface area contributed by atoms with E-state index in [1.807, 2.05) is 43.1 Å². The molecule has 0 bridgehead atoms. The van der Waals surface area contributed by atoms with E-state index in [0.29, 0.717) is 17.4 Å². The first-order chi connectivity index (χ1) is 9.08. The molecule has 0 N–H and O–H groups in total. The van der Waals surface area contributed by atoms with Crippen molar-refractivity contribution in [2.45, 2.75) is 32.2 Å². The molecule has 1 aromatic carbocycles. The quantitative estimate of drug-likeness (QED) is 0.755. The molecular weight excluding hydrogens is 258 g/mol. The Kier molecular flexibility index (Phi) is 4.65. The van der Waals surface area contributed by atoms with Gasteiger partial charge in [0.15, 0.2) is 0 Å². The average Bonchev–Trinajstić information content (AvgIpc) is 2.89. The summed E-state index contributed by atoms with van der Waals surface area (Å²) in [5.74, 6) is 0.616. The van der Waals surface area contributed by atoms with Gasteiger partial charge in [-0.25, -0.2) is 0 Å². The number of carbonyl (C=O) groups excluding carboxylic acids is 1. The standard InChI is InChI=1S/C16H20ClNO/c1-12(14-8-5-9-15(17)11-14)18(2)16(19)10-13-6-3-4-7-13/h3,5-6,8-9,11-13H,4,7,10H2,1-2H3. The van der Waals surface area contributed by atoms with E-state index in [-0.39, 0.29) is 11.9 Å². The van der Waals surface area contributed by atoms with Crippen LogP contribution in [0, 0.1) is 5.92 Å². The molecule has 0 heterocycles. The predicted molar refractivity (Wildman–Crippen MR) is 79.1 cm³/mol. The fraction of sp³-hybridized carbons (Fsp3) is 0.438. The molecule has 3 heteroatoms. The van der Waals surface area contributed by atoms with Crippen LogP contribution in [0.25, 0.3) is 0 Å². The summed E-state index contributed by atoms with van der Waals surface area (Å²) in [6, 6.07) is 7.76. The molecule has 19 heavy (non-hydrogen) atoms. The Labute approximate surface area is 120 Å². The Hall–Kier alpha value is -1.28. The number of hydrogen-bond donors (Lipinski definition) is 0. The third kappa shape index (κ3) is 3.60. The van der Waals surface area contributed by atoms with Gasteiger partial charge in [-0.2, -0.15) is 0 Å². The van der Waals surface area contributed by atoms with Crippen LogP contribution in [0.4, 0.5) is 0 Å². The third-order valence-corrected chi connectivity index (χ3v) is 4.09. The van der Waals surface area contributed by atoms with Gasteiger partial charge in [0.2, 0.25) is 5.91 Å². The van der Waals surface area contributed by atoms with Crippen molar-refractivity contribution in [1.82, 2.24) is 4.90 Å². The number of nitrogens with zero attached hydrogens (tertiary/aromatic N) is 1. The van der Waals surface area contributed by atoms with E-state index in [1.165, 1.54) is 0 Å². The fourth-order valence-electron chi connectivity index (χ4n) is 2.44. The van der Waals surface area contributed by atoms with Crippen LogP contribution in [0.2, 0.25) is 5.02 Å². The highest BCUT2D eigenvalue weighted by Gasteiger charge is 2.21. The second-order valence-corrected chi connectivity index (χ2v) is 5.64. The Morgan fingerprint density at radius 2 is 2.32 bits per heavy atom. The lowest BCUT2D eigenvalue weighted by Crippen LogP contribution is -2.30. The van der Waals surface area contributed by atoms with Gasteiger partial charge in [-0.15, -0.1) is 0 Å². The zero-order valence-electron chi connectivity index (χ0n) is 11.5. The molecule has 0 spiro atoms. The maximum Gasteiger partial charge on any atom is 0.223 e. The molecule has 2 unspecified atom stereocenters. The highest BCUT2D eigenvalue weighted by atomic mass is 35.5. The normalized spacial score (nSPS) is 19.4. The minimum atomic E-state index is 0.0524. The van der Waals surface area contributed by atoms with Gasteiger partial charge in [-0.05, 0) is 43.4 Å². The summed E-state index contributed by atoms with van der Waals surface area (Å²) < 4.78 is 0. The molecule has 1 aliphatic rings. The molecule has 2 nitrogen and oxygen atoms in total. The Morgan fingerprint density at radius 1 is 1.53 bits per heavy atom. The summed E-state index contributed by atoms with van der Waals surface area (Å²) in [6.07, 6.45) is 7.14. The number of amides is 1. The number of carbonyl (C=O) groups is 1. The molecule has 0 fully saturated rings. The van der Waals surface area contributed by atoms with Crippen molar-refractivity contribution in [2.75, 3.05) is 7.05 Å². The van der Waals surface area contributed by atoms with Crippen molar-refractivity contribution < 1.29 is 4.79 Å². The van der Waals surface area contributed by atoms with Crippen LogP contribution in [0.5, 0.6) is 0 Å². The van der Waals surface area contributed by atoms with Crippen molar-refractivity contribution in [1.29, 1.82) is 0 Å². The lowest BCUT2D eigenvalue weighted by molar-refractivity contribution is -0.132. The SMILES string of the molecule is CC(c1cccc(Cl)c1)N(C)C(=O)CC1C=CCC1. The number of halogens is 1. The fourth-order valence-corrected chi connectivity index (χ4v) is 2.64. The zero-order chi connectivity index (χ0) is 13.8. The molecule has 0 aliphatic heterocycles. The summed E-state index contributed by atoms with van der Waals surface area (Å²) in [5.41, 5.74) is 1.07. The number of rotatable bonds is 4. The van der Waals surface area contributed by atoms with E-state index < -0.39 is 0 Å². The second kappa shape index (κ2) is 6.25. The van der Waals surface area contributed by atoms with Crippen LogP contribution >= 0.6 is 11.6 Å². The zero-order valence-corrected chi connectivity index (χ0v) is 12.2. The van der Waals surface area contributed by atoms with E-state index in [0.717, 1.165) is 18.4 Å². The van der Waals surface area contributed by atoms with E-state index >= 15 is 0 Å². The van der Waals surface area contributed by atoms with Gasteiger partial charge in [0.25, 0.3) is 0 Å². The second-order valence-electron chi connectivity index (χ2n) is 5.21. The molecule has 0 saturated carbocycles. The topological polar surface area (TPSA) is 20.3 Å². The molecule has 1 amide bonds. The molecular formula is C16H20ClNO. The summed E-state index contributed by atoms with van der Waals surface area (Å²) in [6.45, 7) is 2.04. The van der Waals surface area contributed by atoms with Crippen molar-refractivity contribution in [2.24, 2.45) is 5.92 Å². The highest BCUT2D eigenvalue weighted by Crippen LogP contribution is 2.25. The number of allylic oxidation sites excluding steroid dienone is 2. The molecule has 0 saturated heterocycles. The smallest absolute Gasteiger partial charge is 0.223 e. The largest absolute Gasteiger partial charge is 0.339 e. The first kappa shape index (κ1) is 14.1. The van der Waals surface area contributed by atoms with E-state index in [1.54, 1.807) is 0 Å². The van der Waals surface area contributed by atoms with Gasteiger partial charge < -0.3 is 4.90 Å². The molecule has 1 aliphatic carbocycles. The van der Waals surface area contributed by atoms with Crippen molar-refractivity contribution in [3.63, 3.8) is 0 Å². The maximum atomic E-state index is 12.3. The molecule has 0 aromatic heterocycles. The minimum absolute atomic E-state index is 0.0524. The van der Waals surface area contributed by atoms with Crippen LogP contribution in [-0.2, 0) is 4.79 Å². The van der Waals surface area contributed by atoms with Gasteiger partial charge in [-0.3, -0.25) is 4.79 Å². The first-order valence-electron chi connectivity index (χ1n) is 6.75. The average molecular weight is 278 g/mol. The summed E-state index contributed by atoms with van der Waals surface area (Å²) in [5, 5.41) is 0.712. The predicted octanol–water partition coefficient (Wildman–Crippen LogP) is 4.22. The van der Waals surface area contributed by atoms with Gasteiger partial charge in [-0.1, -0.05) is 35.9 Å². The van der Waals surface area contributed by atoms with Gasteiger partial charge in [0, 0.05) is 18.5 Å². The number of benzene rings is 1. The van der Waals surface area contributed by atoms with Crippen LogP contribution in [0.15, 0.2) is 36.4 Å². The summed E-state index contributed by atoms with van der Waals surface area (Å²) in [7, 11) is 1.87. The monoisotopic (exact) mass is 277 g/mol. The number of hydrogen-bond acceptors (Lipinski definition) is 1.